The largest absolute Gasteiger partial charge is 0.508 e. The summed E-state index contributed by atoms with van der Waals surface area (Å²) in [5.41, 5.74) is 4.59. The van der Waals surface area contributed by atoms with E-state index in [1.54, 1.807) is 42.6 Å². The third-order valence-electron chi connectivity index (χ3n) is 15.6. The number of hydrogen-bond acceptors (Lipinski definition) is 11. The van der Waals surface area contributed by atoms with Gasteiger partial charge in [-0.15, -0.1) is 0 Å². The molecule has 6 aromatic rings. The predicted molar refractivity (Wildman–Crippen MR) is 266 cm³/mol. The molecular formula is C57H61N3O9. The number of carbonyl (C=O) groups excluding carboxylic acids is 1. The number of ketones is 1. The van der Waals surface area contributed by atoms with Gasteiger partial charge in [-0.2, -0.15) is 0 Å². The smallest absolute Gasteiger partial charge is 0.200 e. The number of phenols is 4. The number of carbonyl (C=O) groups is 1. The van der Waals surface area contributed by atoms with Crippen molar-refractivity contribution in [1.82, 2.24) is 9.97 Å². The summed E-state index contributed by atoms with van der Waals surface area (Å²) in [7, 11) is 1.48. The number of benzene rings is 4. The van der Waals surface area contributed by atoms with Gasteiger partial charge in [-0.3, -0.25) is 4.79 Å². The number of aromatic nitrogens is 2. The van der Waals surface area contributed by atoms with Gasteiger partial charge in [0.2, 0.25) is 5.75 Å². The lowest BCUT2D eigenvalue weighted by Gasteiger charge is -2.45. The Hall–Kier alpha value is -6.76. The summed E-state index contributed by atoms with van der Waals surface area (Å²) in [5.74, 6) is -1.63. The van der Waals surface area contributed by atoms with Crippen LogP contribution in [0, 0.1) is 23.7 Å². The van der Waals surface area contributed by atoms with Crippen molar-refractivity contribution in [2.75, 3.05) is 19.0 Å². The molecule has 10 rings (SSSR count). The van der Waals surface area contributed by atoms with Crippen LogP contribution in [-0.2, 0) is 23.1 Å². The van der Waals surface area contributed by atoms with Gasteiger partial charge in [-0.05, 0) is 169 Å². The van der Waals surface area contributed by atoms with E-state index in [1.165, 1.54) is 13.2 Å². The van der Waals surface area contributed by atoms with Crippen LogP contribution in [0.4, 0.5) is 11.5 Å². The number of aliphatic hydroxyl groups is 2. The summed E-state index contributed by atoms with van der Waals surface area (Å²) in [4.78, 5) is 24.4. The molecule has 1 aliphatic heterocycles. The Bertz CT molecular complexity index is 2930. The molecule has 1 saturated carbocycles. The number of anilines is 2. The fraction of sp³-hybridized carbons (Fsp3) is 0.368. The molecule has 2 bridgehead atoms. The number of aromatic amines is 1. The number of aryl methyl sites for hydroxylation is 1. The highest BCUT2D eigenvalue weighted by Crippen LogP contribution is 2.56. The monoisotopic (exact) mass is 931 g/mol. The molecule has 1 spiro atoms. The summed E-state index contributed by atoms with van der Waals surface area (Å²) >= 11 is 0. The molecule has 0 unspecified atom stereocenters. The highest BCUT2D eigenvalue weighted by atomic mass is 16.5. The van der Waals surface area contributed by atoms with Gasteiger partial charge in [-0.1, -0.05) is 43.4 Å². The van der Waals surface area contributed by atoms with E-state index in [0.29, 0.717) is 61.8 Å². The molecule has 12 heteroatoms. The second kappa shape index (κ2) is 19.0. The first-order valence-electron chi connectivity index (χ1n) is 24.3. The number of aromatic hydroxyl groups is 4. The SMILES string of the molecule is COc1cc(CC[C@@H](O)[C@H]2C(=O)C[C@@H](c3cc(O)c(O)c(OC[C@@H]4C=CC[C@H](C)C4)c3)C[C@@H]3C=Cc4cc(O)cc5ccc(c3c45)Nc3cc(ccn3)[C@@]23CC[C@@H](O)[C@@H]3Cc2ccc[nH]2)ccc1O. The number of phenolic OH excluding ortho intramolecular Hbond substituents is 4. The minimum absolute atomic E-state index is 0.00186. The Labute approximate surface area is 402 Å². The number of ether oxygens (including phenoxy) is 2. The second-order valence-electron chi connectivity index (χ2n) is 20.0. The van der Waals surface area contributed by atoms with Gasteiger partial charge in [0.25, 0.3) is 0 Å². The molecule has 3 heterocycles. The number of aliphatic hydroxyl groups excluding tert-OH is 2. The number of nitrogens with zero attached hydrogens (tertiary/aromatic N) is 1. The summed E-state index contributed by atoms with van der Waals surface area (Å²) in [6, 6.07) is 23.6. The number of rotatable bonds is 11. The summed E-state index contributed by atoms with van der Waals surface area (Å²) < 4.78 is 11.8. The summed E-state index contributed by atoms with van der Waals surface area (Å²) in [6.07, 6.45) is 14.0. The molecule has 2 aromatic heterocycles. The Kier molecular flexibility index (Phi) is 12.6. The minimum atomic E-state index is -1.20. The van der Waals surface area contributed by atoms with Crippen LogP contribution < -0.4 is 14.8 Å². The van der Waals surface area contributed by atoms with Crippen LogP contribution in [0.1, 0.15) is 97.2 Å². The molecule has 358 valence electrons. The molecule has 4 aliphatic rings. The van der Waals surface area contributed by atoms with E-state index in [9.17, 15) is 30.6 Å². The number of Topliss-reactive ketones (excluding diaryl/α,β-unsaturated/α-hetero) is 1. The van der Waals surface area contributed by atoms with Crippen LogP contribution in [0.3, 0.4) is 0 Å². The van der Waals surface area contributed by atoms with Gasteiger partial charge < -0.3 is 50.4 Å². The van der Waals surface area contributed by atoms with Crippen molar-refractivity contribution in [3.05, 3.63) is 143 Å². The lowest BCUT2D eigenvalue weighted by atomic mass is 9.58. The second-order valence-corrected chi connectivity index (χ2v) is 20.0. The van der Waals surface area contributed by atoms with Crippen molar-refractivity contribution in [2.45, 2.75) is 94.2 Å². The Balaban J connectivity index is 1.14. The van der Waals surface area contributed by atoms with E-state index in [0.717, 1.165) is 57.2 Å². The van der Waals surface area contributed by atoms with Crippen LogP contribution in [-0.4, -0.2) is 72.3 Å². The quantitative estimate of drug-likeness (QED) is 0.0455. The zero-order valence-electron chi connectivity index (χ0n) is 39.0. The first-order valence-corrected chi connectivity index (χ1v) is 24.3. The van der Waals surface area contributed by atoms with Gasteiger partial charge in [0.1, 0.15) is 17.4 Å². The van der Waals surface area contributed by atoms with Crippen molar-refractivity contribution in [3.8, 4) is 34.5 Å². The van der Waals surface area contributed by atoms with Crippen LogP contribution in [0.15, 0.2) is 109 Å². The third-order valence-corrected chi connectivity index (χ3v) is 15.6. The normalized spacial score (nSPS) is 25.7. The lowest BCUT2D eigenvalue weighted by Crippen LogP contribution is -2.51. The number of methoxy groups -OCH3 is 1. The maximum Gasteiger partial charge on any atom is 0.200 e. The Morgan fingerprint density at radius 1 is 0.942 bits per heavy atom. The number of allylic oxidation sites excluding steroid dienone is 2. The average molecular weight is 932 g/mol. The molecule has 69 heavy (non-hydrogen) atoms. The molecule has 12 nitrogen and oxygen atoms in total. The van der Waals surface area contributed by atoms with E-state index in [4.69, 9.17) is 14.5 Å². The molecule has 1 fully saturated rings. The number of nitrogens with one attached hydrogen (secondary N) is 2. The topological polar surface area (TPSA) is 198 Å². The molecule has 0 amide bonds. The average Bonchev–Trinajstić information content (AvgIpc) is 3.98. The van der Waals surface area contributed by atoms with Crippen LogP contribution >= 0.6 is 0 Å². The minimum Gasteiger partial charge on any atom is -0.508 e. The van der Waals surface area contributed by atoms with Gasteiger partial charge in [-0.25, -0.2) is 4.98 Å². The van der Waals surface area contributed by atoms with Gasteiger partial charge in [0, 0.05) is 53.4 Å². The van der Waals surface area contributed by atoms with E-state index in [-0.39, 0.29) is 59.2 Å². The number of fused-ring (bicyclic) bond motifs is 3. The predicted octanol–water partition coefficient (Wildman–Crippen LogP) is 10.2. The lowest BCUT2D eigenvalue weighted by molar-refractivity contribution is -0.132. The molecule has 3 aliphatic carbocycles. The molecule has 9 atom stereocenters. The highest BCUT2D eigenvalue weighted by molar-refractivity contribution is 6.00. The molecule has 8 N–H and O–H groups in total. The first-order chi connectivity index (χ1) is 33.4. The molecular weight excluding hydrogens is 871 g/mol. The van der Waals surface area contributed by atoms with Gasteiger partial charge in [0.15, 0.2) is 23.0 Å². The third kappa shape index (κ3) is 8.92. The van der Waals surface area contributed by atoms with E-state index in [1.807, 2.05) is 48.7 Å². The first kappa shape index (κ1) is 46.0. The fourth-order valence-electron chi connectivity index (χ4n) is 12.4. The number of pyridine rings is 1. The number of H-pyrrole nitrogens is 1. The molecule has 0 saturated heterocycles. The van der Waals surface area contributed by atoms with E-state index >= 15 is 4.79 Å². The maximum atomic E-state index is 16.2. The van der Waals surface area contributed by atoms with E-state index in [2.05, 4.69) is 35.5 Å². The standard InChI is InChI=1S/C57H61N3O9/c1-32-5-3-6-34(21-32)31-69-51-28-39(27-49(66)56(51)67)38-23-35-10-11-36-24-42(61)25-37-12-13-44(54(35)53(36)37)60-52-29-40(17-20-59-52)57(18-16-45(62)43(57)30-41-7-4-19-58-41)55(48(65)26-38)47(64)15-9-33-8-14-46(63)50(22-33)68-2/h3-4,6-8,10-14,17,19-20,22,24-25,27-29,32,34-35,38,43,45,47,55,58,61-64,66-67H,5,9,15-16,18,21,23,26,30-31H2,1-2H3,(H,59,60)/t32-,34+,35-,38-,43-,45+,47+,55-,57+/m0/s1. The molecule has 0 radical (unpaired) electrons. The van der Waals surface area contributed by atoms with Crippen molar-refractivity contribution in [3.63, 3.8) is 0 Å². The Morgan fingerprint density at radius 3 is 2.62 bits per heavy atom. The van der Waals surface area contributed by atoms with Crippen molar-refractivity contribution in [1.29, 1.82) is 0 Å². The van der Waals surface area contributed by atoms with Crippen LogP contribution in [0.25, 0.3) is 16.8 Å². The van der Waals surface area contributed by atoms with E-state index < -0.39 is 35.4 Å². The van der Waals surface area contributed by atoms with Crippen LogP contribution in [0.2, 0.25) is 0 Å². The maximum absolute atomic E-state index is 16.2. The zero-order valence-corrected chi connectivity index (χ0v) is 39.0. The van der Waals surface area contributed by atoms with Crippen molar-refractivity contribution >= 4 is 34.1 Å². The van der Waals surface area contributed by atoms with Crippen molar-refractivity contribution < 1.29 is 44.9 Å². The van der Waals surface area contributed by atoms with Gasteiger partial charge in [0.05, 0.1) is 31.8 Å². The highest BCUT2D eigenvalue weighted by Gasteiger charge is 2.58. The Morgan fingerprint density at radius 2 is 1.81 bits per heavy atom. The fourth-order valence-corrected chi connectivity index (χ4v) is 12.4. The summed E-state index contributed by atoms with van der Waals surface area (Å²) in [6.45, 7) is 2.50. The number of hydrogen-bond donors (Lipinski definition) is 8. The molecule has 4 aromatic carbocycles. The van der Waals surface area contributed by atoms with Crippen molar-refractivity contribution in [2.24, 2.45) is 23.7 Å². The van der Waals surface area contributed by atoms with Crippen LogP contribution in [0.5, 0.6) is 34.5 Å². The summed E-state index contributed by atoms with van der Waals surface area (Å²) in [5, 5.41) is 74.6. The zero-order chi connectivity index (χ0) is 48.0. The van der Waals surface area contributed by atoms with Gasteiger partial charge >= 0.3 is 0 Å².